The Kier molecular flexibility index (Phi) is 4.14. The summed E-state index contributed by atoms with van der Waals surface area (Å²) in [5.74, 6) is 2.22. The first kappa shape index (κ1) is 15.0. The Morgan fingerprint density at radius 2 is 1.95 bits per heavy atom. The Morgan fingerprint density at radius 3 is 2.59 bits per heavy atom. The van der Waals surface area contributed by atoms with Crippen LogP contribution < -0.4 is 9.64 Å². The van der Waals surface area contributed by atoms with E-state index in [0.717, 1.165) is 36.1 Å². The summed E-state index contributed by atoms with van der Waals surface area (Å²) in [5.41, 5.74) is 0.620. The Morgan fingerprint density at radius 1 is 1.23 bits per heavy atom. The molecule has 3 rings (SSSR count). The summed E-state index contributed by atoms with van der Waals surface area (Å²) in [5, 5.41) is 0.851. The van der Waals surface area contributed by atoms with Crippen LogP contribution in [-0.2, 0) is 0 Å². The number of aromatic nitrogens is 2. The average Bonchev–Trinajstić information content (AvgIpc) is 2.53. The van der Waals surface area contributed by atoms with Crippen LogP contribution in [0.2, 0.25) is 0 Å². The lowest BCUT2D eigenvalue weighted by Gasteiger charge is -2.35. The fourth-order valence-electron chi connectivity index (χ4n) is 3.23. The van der Waals surface area contributed by atoms with Gasteiger partial charge in [-0.1, -0.05) is 13.8 Å². The Balaban J connectivity index is 1.94. The smallest absolute Gasteiger partial charge is 0.167 e. The second kappa shape index (κ2) is 6.07. The van der Waals surface area contributed by atoms with E-state index in [1.54, 1.807) is 6.07 Å². The third-order valence-corrected chi connectivity index (χ3v) is 4.67. The van der Waals surface area contributed by atoms with Gasteiger partial charge in [0.05, 0.1) is 12.6 Å². The van der Waals surface area contributed by atoms with Crippen molar-refractivity contribution >= 4 is 16.7 Å². The molecular formula is C17H22FN3O. The zero-order valence-corrected chi connectivity index (χ0v) is 13.3. The highest BCUT2D eigenvalue weighted by molar-refractivity contribution is 5.90. The average molecular weight is 303 g/mol. The topological polar surface area (TPSA) is 38.2 Å². The number of fused-ring (bicyclic) bond motifs is 1. The first-order valence-corrected chi connectivity index (χ1v) is 7.83. The van der Waals surface area contributed by atoms with Gasteiger partial charge in [-0.2, -0.15) is 0 Å². The minimum atomic E-state index is -0.391. The zero-order valence-electron chi connectivity index (χ0n) is 13.3. The molecule has 1 aromatic heterocycles. The molecule has 5 heteroatoms. The summed E-state index contributed by atoms with van der Waals surface area (Å²) in [4.78, 5) is 10.9. The second-order valence-corrected chi connectivity index (χ2v) is 6.27. The molecule has 4 nitrogen and oxygen atoms in total. The van der Waals surface area contributed by atoms with Gasteiger partial charge in [0.1, 0.15) is 12.1 Å². The van der Waals surface area contributed by atoms with E-state index in [1.165, 1.54) is 32.3 Å². The molecule has 1 aliphatic heterocycles. The van der Waals surface area contributed by atoms with Crippen LogP contribution >= 0.6 is 0 Å². The van der Waals surface area contributed by atoms with Gasteiger partial charge < -0.3 is 9.64 Å². The maximum Gasteiger partial charge on any atom is 0.167 e. The van der Waals surface area contributed by atoms with Crippen LogP contribution in [0, 0.1) is 17.7 Å². The Labute approximate surface area is 130 Å². The van der Waals surface area contributed by atoms with Crippen LogP contribution in [-0.4, -0.2) is 30.2 Å². The van der Waals surface area contributed by atoms with Crippen LogP contribution in [0.4, 0.5) is 10.2 Å². The molecule has 0 amide bonds. The molecular weight excluding hydrogens is 281 g/mol. The lowest BCUT2D eigenvalue weighted by Crippen LogP contribution is -2.35. The first-order chi connectivity index (χ1) is 10.6. The molecule has 0 bridgehead atoms. The number of hydrogen-bond acceptors (Lipinski definition) is 4. The van der Waals surface area contributed by atoms with Gasteiger partial charge in [0.25, 0.3) is 0 Å². The lowest BCUT2D eigenvalue weighted by atomic mass is 9.86. The predicted molar refractivity (Wildman–Crippen MR) is 85.8 cm³/mol. The van der Waals surface area contributed by atoms with Gasteiger partial charge in [-0.25, -0.2) is 14.4 Å². The van der Waals surface area contributed by atoms with E-state index >= 15 is 0 Å². The summed E-state index contributed by atoms with van der Waals surface area (Å²) in [6, 6.07) is 3.12. The van der Waals surface area contributed by atoms with E-state index in [4.69, 9.17) is 4.74 Å². The van der Waals surface area contributed by atoms with Crippen molar-refractivity contribution in [2.24, 2.45) is 11.8 Å². The highest BCUT2D eigenvalue weighted by atomic mass is 19.1. The summed E-state index contributed by atoms with van der Waals surface area (Å²) in [6.07, 6.45) is 3.85. The fourth-order valence-corrected chi connectivity index (χ4v) is 3.23. The zero-order chi connectivity index (χ0) is 15.7. The van der Waals surface area contributed by atoms with Crippen LogP contribution in [0.1, 0.15) is 26.7 Å². The quantitative estimate of drug-likeness (QED) is 0.867. The van der Waals surface area contributed by atoms with Crippen molar-refractivity contribution in [3.63, 3.8) is 0 Å². The number of rotatable bonds is 3. The summed E-state index contributed by atoms with van der Waals surface area (Å²) < 4.78 is 18.9. The van der Waals surface area contributed by atoms with Crippen molar-refractivity contribution in [1.82, 2.24) is 9.97 Å². The predicted octanol–water partition coefficient (Wildman–Crippen LogP) is 3.65. The number of nitrogens with zero attached hydrogens (tertiary/aromatic N) is 3. The number of piperidine rings is 1. The molecule has 2 aromatic rings. The summed E-state index contributed by atoms with van der Waals surface area (Å²) >= 11 is 0. The largest absolute Gasteiger partial charge is 0.494 e. The molecule has 0 atom stereocenters. The van der Waals surface area contributed by atoms with E-state index in [1.807, 2.05) is 0 Å². The third kappa shape index (κ3) is 2.72. The van der Waals surface area contributed by atoms with E-state index in [2.05, 4.69) is 28.7 Å². The standard InChI is InChI=1S/C17H22FN3O/c1-11(2)12-4-6-21(7-5-12)17-13-8-16(22-3)14(18)9-15(13)19-10-20-17/h8-12H,4-7H2,1-3H3. The minimum Gasteiger partial charge on any atom is -0.494 e. The number of methoxy groups -OCH3 is 1. The molecule has 2 heterocycles. The molecule has 22 heavy (non-hydrogen) atoms. The van der Waals surface area contributed by atoms with E-state index in [9.17, 15) is 4.39 Å². The summed E-state index contributed by atoms with van der Waals surface area (Å²) in [7, 11) is 1.47. The molecule has 1 saturated heterocycles. The van der Waals surface area contributed by atoms with Gasteiger partial charge in [-0.05, 0) is 30.7 Å². The molecule has 0 radical (unpaired) electrons. The molecule has 0 aliphatic carbocycles. The van der Waals surface area contributed by atoms with Gasteiger partial charge in [-0.3, -0.25) is 0 Å². The molecule has 0 spiro atoms. The van der Waals surface area contributed by atoms with E-state index in [-0.39, 0.29) is 5.75 Å². The van der Waals surface area contributed by atoms with Crippen molar-refractivity contribution in [2.45, 2.75) is 26.7 Å². The minimum absolute atomic E-state index is 0.237. The van der Waals surface area contributed by atoms with Crippen molar-refractivity contribution < 1.29 is 9.13 Å². The van der Waals surface area contributed by atoms with Gasteiger partial charge >= 0.3 is 0 Å². The maximum atomic E-state index is 13.8. The number of anilines is 1. The van der Waals surface area contributed by atoms with Gasteiger partial charge in [0.2, 0.25) is 0 Å². The van der Waals surface area contributed by atoms with Crippen LogP contribution in [0.25, 0.3) is 10.9 Å². The molecule has 0 N–H and O–H groups in total. The molecule has 1 fully saturated rings. The normalized spacial score (nSPS) is 16.5. The number of ether oxygens (including phenoxy) is 1. The van der Waals surface area contributed by atoms with Crippen molar-refractivity contribution in [3.8, 4) is 5.75 Å². The highest BCUT2D eigenvalue weighted by Gasteiger charge is 2.24. The second-order valence-electron chi connectivity index (χ2n) is 6.27. The molecule has 0 unspecified atom stereocenters. The molecule has 0 saturated carbocycles. The molecule has 118 valence electrons. The van der Waals surface area contributed by atoms with E-state index in [0.29, 0.717) is 5.52 Å². The SMILES string of the molecule is COc1cc2c(N3CCC(C(C)C)CC3)ncnc2cc1F. The van der Waals surface area contributed by atoms with Gasteiger partial charge in [-0.15, -0.1) is 0 Å². The maximum absolute atomic E-state index is 13.8. The van der Waals surface area contributed by atoms with Crippen molar-refractivity contribution in [1.29, 1.82) is 0 Å². The molecule has 1 aromatic carbocycles. The van der Waals surface area contributed by atoms with E-state index < -0.39 is 5.82 Å². The number of halogens is 1. The highest BCUT2D eigenvalue weighted by Crippen LogP contribution is 2.32. The van der Waals surface area contributed by atoms with Crippen LogP contribution in [0.3, 0.4) is 0 Å². The monoisotopic (exact) mass is 303 g/mol. The Bertz CT molecular complexity index is 666. The first-order valence-electron chi connectivity index (χ1n) is 7.83. The van der Waals surface area contributed by atoms with Crippen LogP contribution in [0.5, 0.6) is 5.75 Å². The van der Waals surface area contributed by atoms with Gasteiger partial charge in [0, 0.05) is 24.5 Å². The van der Waals surface area contributed by atoms with Crippen molar-refractivity contribution in [2.75, 3.05) is 25.1 Å². The molecule has 1 aliphatic rings. The Hall–Kier alpha value is -1.91. The summed E-state index contributed by atoms with van der Waals surface area (Å²) in [6.45, 7) is 6.53. The third-order valence-electron chi connectivity index (χ3n) is 4.67. The van der Waals surface area contributed by atoms with Gasteiger partial charge in [0.15, 0.2) is 11.6 Å². The lowest BCUT2D eigenvalue weighted by molar-refractivity contribution is 0.311. The fraction of sp³-hybridized carbons (Fsp3) is 0.529. The van der Waals surface area contributed by atoms with Crippen molar-refractivity contribution in [3.05, 3.63) is 24.3 Å². The number of benzene rings is 1. The van der Waals surface area contributed by atoms with Crippen LogP contribution in [0.15, 0.2) is 18.5 Å². The number of hydrogen-bond donors (Lipinski definition) is 0.